The minimum Gasteiger partial charge on any atom is -0.481 e. The number of nitrogens with zero attached hydrogens (tertiary/aromatic N) is 2. The van der Waals surface area contributed by atoms with Gasteiger partial charge in [-0.2, -0.15) is 0 Å². The van der Waals surface area contributed by atoms with Crippen LogP contribution in [-0.2, 0) is 4.79 Å². The van der Waals surface area contributed by atoms with Crippen molar-refractivity contribution in [3.05, 3.63) is 60.2 Å². The zero-order valence-corrected chi connectivity index (χ0v) is 15.2. The van der Waals surface area contributed by atoms with Gasteiger partial charge in [-0.1, -0.05) is 18.2 Å². The fourth-order valence-corrected chi connectivity index (χ4v) is 3.10. The Hall–Kier alpha value is -2.82. The van der Waals surface area contributed by atoms with Crippen molar-refractivity contribution in [1.29, 1.82) is 0 Å². The zero-order chi connectivity index (χ0) is 18.5. The summed E-state index contributed by atoms with van der Waals surface area (Å²) in [6.07, 6.45) is -0.501. The highest BCUT2D eigenvalue weighted by atomic mass is 16.5. The molecule has 2 aromatic carbocycles. The standard InChI is InChI=1S/C21H24N2O3/c1-16(24)18-8-10-19(11-9-18)22-12-14-23(15-13-22)21(25)17(2)26-20-6-4-3-5-7-20/h3-11,17H,12-15H2,1-2H3/t17-/m0/s1. The summed E-state index contributed by atoms with van der Waals surface area (Å²) in [6.45, 7) is 6.22. The molecule has 1 amide bonds. The van der Waals surface area contributed by atoms with Crippen LogP contribution in [0.1, 0.15) is 24.2 Å². The topological polar surface area (TPSA) is 49.9 Å². The lowest BCUT2D eigenvalue weighted by atomic mass is 10.1. The summed E-state index contributed by atoms with van der Waals surface area (Å²) in [5.41, 5.74) is 1.80. The largest absolute Gasteiger partial charge is 0.481 e. The molecule has 0 saturated carbocycles. The van der Waals surface area contributed by atoms with E-state index in [4.69, 9.17) is 4.74 Å². The average Bonchev–Trinajstić information content (AvgIpc) is 2.68. The summed E-state index contributed by atoms with van der Waals surface area (Å²) in [7, 11) is 0. The number of benzene rings is 2. The van der Waals surface area contributed by atoms with Crippen molar-refractivity contribution >= 4 is 17.4 Å². The third-order valence-corrected chi connectivity index (χ3v) is 4.63. The van der Waals surface area contributed by atoms with Crippen molar-refractivity contribution < 1.29 is 14.3 Å². The first-order chi connectivity index (χ1) is 12.5. The third-order valence-electron chi connectivity index (χ3n) is 4.63. The van der Waals surface area contributed by atoms with Gasteiger partial charge in [-0.05, 0) is 50.2 Å². The second-order valence-electron chi connectivity index (χ2n) is 6.49. The molecule has 0 N–H and O–H groups in total. The van der Waals surface area contributed by atoms with Crippen LogP contribution in [0.2, 0.25) is 0 Å². The summed E-state index contributed by atoms with van der Waals surface area (Å²) in [4.78, 5) is 28.1. The summed E-state index contributed by atoms with van der Waals surface area (Å²) < 4.78 is 5.74. The maximum absolute atomic E-state index is 12.6. The molecule has 1 saturated heterocycles. The van der Waals surface area contributed by atoms with Crippen molar-refractivity contribution in [3.63, 3.8) is 0 Å². The maximum atomic E-state index is 12.6. The predicted molar refractivity (Wildman–Crippen MR) is 102 cm³/mol. The van der Waals surface area contributed by atoms with E-state index in [1.807, 2.05) is 59.5 Å². The first-order valence-electron chi connectivity index (χ1n) is 8.91. The smallest absolute Gasteiger partial charge is 0.263 e. The Morgan fingerprint density at radius 3 is 2.12 bits per heavy atom. The highest BCUT2D eigenvalue weighted by molar-refractivity contribution is 5.94. The van der Waals surface area contributed by atoms with Crippen LogP contribution in [0.3, 0.4) is 0 Å². The van der Waals surface area contributed by atoms with Gasteiger partial charge in [0.25, 0.3) is 5.91 Å². The minimum absolute atomic E-state index is 0.0143. The highest BCUT2D eigenvalue weighted by Crippen LogP contribution is 2.19. The molecule has 5 nitrogen and oxygen atoms in total. The molecule has 5 heteroatoms. The number of hydrogen-bond acceptors (Lipinski definition) is 4. The number of carbonyl (C=O) groups excluding carboxylic acids is 2. The van der Waals surface area contributed by atoms with Crippen molar-refractivity contribution in [3.8, 4) is 5.75 Å². The number of piperazine rings is 1. The van der Waals surface area contributed by atoms with E-state index in [0.29, 0.717) is 18.8 Å². The quantitative estimate of drug-likeness (QED) is 0.776. The second-order valence-corrected chi connectivity index (χ2v) is 6.49. The van der Waals surface area contributed by atoms with Crippen LogP contribution in [0.15, 0.2) is 54.6 Å². The molecular formula is C21H24N2O3. The summed E-state index contributed by atoms with van der Waals surface area (Å²) in [5.74, 6) is 0.789. The number of anilines is 1. The lowest BCUT2D eigenvalue weighted by Crippen LogP contribution is -2.52. The Kier molecular flexibility index (Phi) is 5.56. The Morgan fingerprint density at radius 2 is 1.54 bits per heavy atom. The number of amides is 1. The molecule has 3 rings (SSSR count). The Bertz CT molecular complexity index is 751. The molecule has 1 aliphatic rings. The normalized spacial score (nSPS) is 15.5. The van der Waals surface area contributed by atoms with Crippen molar-refractivity contribution in [1.82, 2.24) is 4.90 Å². The molecule has 0 radical (unpaired) electrons. The van der Waals surface area contributed by atoms with Crippen LogP contribution in [0.25, 0.3) is 0 Å². The van der Waals surface area contributed by atoms with Crippen LogP contribution < -0.4 is 9.64 Å². The fourth-order valence-electron chi connectivity index (χ4n) is 3.10. The van der Waals surface area contributed by atoms with Gasteiger partial charge in [0.1, 0.15) is 5.75 Å². The van der Waals surface area contributed by atoms with Gasteiger partial charge in [-0.25, -0.2) is 0 Å². The molecule has 0 unspecified atom stereocenters. The molecule has 0 aromatic heterocycles. The Morgan fingerprint density at radius 1 is 0.923 bits per heavy atom. The lowest BCUT2D eigenvalue weighted by molar-refractivity contribution is -0.138. The summed E-state index contributed by atoms with van der Waals surface area (Å²) >= 11 is 0. The van der Waals surface area contributed by atoms with Gasteiger partial charge in [0.05, 0.1) is 0 Å². The van der Waals surface area contributed by atoms with Gasteiger partial charge in [-0.3, -0.25) is 9.59 Å². The Balaban J connectivity index is 1.54. The number of rotatable bonds is 5. The van der Waals surface area contributed by atoms with Crippen LogP contribution >= 0.6 is 0 Å². The van der Waals surface area contributed by atoms with E-state index in [1.54, 1.807) is 13.8 Å². The van der Waals surface area contributed by atoms with Gasteiger partial charge in [0.2, 0.25) is 0 Å². The third kappa shape index (κ3) is 4.23. The van der Waals surface area contributed by atoms with Gasteiger partial charge in [0.15, 0.2) is 11.9 Å². The number of hydrogen-bond donors (Lipinski definition) is 0. The van der Waals surface area contributed by atoms with Crippen molar-refractivity contribution in [2.75, 3.05) is 31.1 Å². The summed E-state index contributed by atoms with van der Waals surface area (Å²) in [6, 6.07) is 17.0. The second kappa shape index (κ2) is 8.04. The maximum Gasteiger partial charge on any atom is 0.263 e. The van der Waals surface area contributed by atoms with E-state index in [2.05, 4.69) is 4.90 Å². The molecule has 1 heterocycles. The molecule has 0 aliphatic carbocycles. The molecule has 136 valence electrons. The van der Waals surface area contributed by atoms with Crippen LogP contribution in [0.5, 0.6) is 5.75 Å². The Labute approximate surface area is 154 Å². The van der Waals surface area contributed by atoms with Gasteiger partial charge in [0, 0.05) is 37.4 Å². The molecule has 1 atom stereocenters. The van der Waals surface area contributed by atoms with Crippen LogP contribution in [-0.4, -0.2) is 48.9 Å². The predicted octanol–water partition coefficient (Wildman–Crippen LogP) is 3.01. The molecule has 26 heavy (non-hydrogen) atoms. The number of para-hydroxylation sites is 1. The average molecular weight is 352 g/mol. The van der Waals surface area contributed by atoms with Gasteiger partial charge < -0.3 is 14.5 Å². The van der Waals surface area contributed by atoms with Gasteiger partial charge in [-0.15, -0.1) is 0 Å². The zero-order valence-electron chi connectivity index (χ0n) is 15.2. The fraction of sp³-hybridized carbons (Fsp3) is 0.333. The van der Waals surface area contributed by atoms with E-state index in [9.17, 15) is 9.59 Å². The summed E-state index contributed by atoms with van der Waals surface area (Å²) in [5, 5.41) is 0. The highest BCUT2D eigenvalue weighted by Gasteiger charge is 2.26. The van der Waals surface area contributed by atoms with E-state index in [0.717, 1.165) is 24.3 Å². The number of ether oxygens (including phenoxy) is 1. The lowest BCUT2D eigenvalue weighted by Gasteiger charge is -2.37. The van der Waals surface area contributed by atoms with Crippen molar-refractivity contribution in [2.45, 2.75) is 20.0 Å². The number of carbonyl (C=O) groups is 2. The van der Waals surface area contributed by atoms with E-state index >= 15 is 0 Å². The van der Waals surface area contributed by atoms with Gasteiger partial charge >= 0.3 is 0 Å². The van der Waals surface area contributed by atoms with E-state index < -0.39 is 6.10 Å². The first-order valence-corrected chi connectivity index (χ1v) is 8.91. The number of ketones is 1. The molecule has 1 aliphatic heterocycles. The molecule has 0 spiro atoms. The van der Waals surface area contributed by atoms with Crippen LogP contribution in [0, 0.1) is 0 Å². The van der Waals surface area contributed by atoms with E-state index in [-0.39, 0.29) is 11.7 Å². The minimum atomic E-state index is -0.501. The van der Waals surface area contributed by atoms with Crippen LogP contribution in [0.4, 0.5) is 5.69 Å². The van der Waals surface area contributed by atoms with E-state index in [1.165, 1.54) is 0 Å². The van der Waals surface area contributed by atoms with Crippen molar-refractivity contribution in [2.24, 2.45) is 0 Å². The monoisotopic (exact) mass is 352 g/mol. The number of Topliss-reactive ketones (excluding diaryl/α,β-unsaturated/α-hetero) is 1. The molecule has 0 bridgehead atoms. The molecule has 1 fully saturated rings. The SMILES string of the molecule is CC(=O)c1ccc(N2CCN(C(=O)[C@H](C)Oc3ccccc3)CC2)cc1. The molecule has 2 aromatic rings. The molecular weight excluding hydrogens is 328 g/mol. The first kappa shape index (κ1) is 18.0.